The Labute approximate surface area is 119 Å². The van der Waals surface area contributed by atoms with Gasteiger partial charge in [0.15, 0.2) is 0 Å². The summed E-state index contributed by atoms with van der Waals surface area (Å²) < 4.78 is 4.15. The first-order valence-corrected chi connectivity index (χ1v) is 6.53. The molecule has 0 saturated carbocycles. The van der Waals surface area contributed by atoms with E-state index in [2.05, 4.69) is 21.0 Å². The van der Waals surface area contributed by atoms with E-state index in [0.717, 1.165) is 31.9 Å². The van der Waals surface area contributed by atoms with Crippen molar-refractivity contribution < 1.29 is 9.53 Å². The molecule has 2 rings (SSSR count). The van der Waals surface area contributed by atoms with E-state index in [9.17, 15) is 4.79 Å². The summed E-state index contributed by atoms with van der Waals surface area (Å²) >= 11 is 0. The molecule has 0 amide bonds. The van der Waals surface area contributed by atoms with Crippen LogP contribution < -0.4 is 16.0 Å². The molecule has 1 heterocycles. The SMILES string of the molecule is CCOC=O.N#Cc1cc(N)ccc1N1CCNCC1. The predicted octanol–water partition coefficient (Wildman–Crippen LogP) is 0.729. The number of nitrogens with two attached hydrogens (primary N) is 1. The molecule has 6 nitrogen and oxygen atoms in total. The molecule has 1 aromatic rings. The summed E-state index contributed by atoms with van der Waals surface area (Å²) in [5.74, 6) is 0. The van der Waals surface area contributed by atoms with E-state index in [0.29, 0.717) is 24.3 Å². The van der Waals surface area contributed by atoms with E-state index in [4.69, 9.17) is 11.0 Å². The van der Waals surface area contributed by atoms with Crippen LogP contribution in [0, 0.1) is 11.3 Å². The molecule has 1 fully saturated rings. The lowest BCUT2D eigenvalue weighted by atomic mass is 10.1. The Morgan fingerprint density at radius 2 is 2.20 bits per heavy atom. The molecule has 0 bridgehead atoms. The molecule has 3 N–H and O–H groups in total. The second-order valence-corrected chi connectivity index (χ2v) is 4.18. The van der Waals surface area contributed by atoms with Gasteiger partial charge in [-0.1, -0.05) is 0 Å². The van der Waals surface area contributed by atoms with Gasteiger partial charge in [0.05, 0.1) is 17.9 Å². The van der Waals surface area contributed by atoms with Crippen LogP contribution in [-0.2, 0) is 9.53 Å². The maximum Gasteiger partial charge on any atom is 0.293 e. The van der Waals surface area contributed by atoms with Crippen molar-refractivity contribution in [2.75, 3.05) is 43.4 Å². The Bertz CT molecular complexity index is 465. The number of rotatable bonds is 3. The van der Waals surface area contributed by atoms with Gasteiger partial charge in [-0.2, -0.15) is 5.26 Å². The second kappa shape index (κ2) is 8.77. The van der Waals surface area contributed by atoms with Gasteiger partial charge in [-0.05, 0) is 25.1 Å². The molecule has 0 radical (unpaired) electrons. The first kappa shape index (κ1) is 15.8. The lowest BCUT2D eigenvalue weighted by Crippen LogP contribution is -2.43. The van der Waals surface area contributed by atoms with Crippen LogP contribution in [0.3, 0.4) is 0 Å². The average molecular weight is 276 g/mol. The predicted molar refractivity (Wildman–Crippen MR) is 78.3 cm³/mol. The van der Waals surface area contributed by atoms with Gasteiger partial charge in [-0.15, -0.1) is 0 Å². The van der Waals surface area contributed by atoms with E-state index in [1.54, 1.807) is 13.0 Å². The molecule has 1 aliphatic heterocycles. The van der Waals surface area contributed by atoms with E-state index < -0.39 is 0 Å². The number of nitrogens with zero attached hydrogens (tertiary/aromatic N) is 2. The minimum absolute atomic E-state index is 0.431. The Kier molecular flexibility index (Phi) is 6.93. The molecular weight excluding hydrogens is 256 g/mol. The normalized spacial score (nSPS) is 13.7. The Morgan fingerprint density at radius 3 is 2.70 bits per heavy atom. The molecule has 0 aromatic heterocycles. The number of nitrogens with one attached hydrogen (secondary N) is 1. The summed E-state index contributed by atoms with van der Waals surface area (Å²) in [6, 6.07) is 7.70. The second-order valence-electron chi connectivity index (χ2n) is 4.18. The summed E-state index contributed by atoms with van der Waals surface area (Å²) in [5, 5.41) is 12.3. The van der Waals surface area contributed by atoms with Gasteiger partial charge in [0.25, 0.3) is 6.47 Å². The lowest BCUT2D eigenvalue weighted by molar-refractivity contribution is -0.128. The van der Waals surface area contributed by atoms with Crippen molar-refractivity contribution in [2.45, 2.75) is 6.92 Å². The fourth-order valence-electron chi connectivity index (χ4n) is 1.89. The number of benzene rings is 1. The van der Waals surface area contributed by atoms with Crippen LogP contribution in [0.25, 0.3) is 0 Å². The smallest absolute Gasteiger partial charge is 0.293 e. The number of carbonyl (C=O) groups is 1. The zero-order chi connectivity index (χ0) is 14.8. The van der Waals surface area contributed by atoms with Crippen LogP contribution in [0.2, 0.25) is 0 Å². The van der Waals surface area contributed by atoms with E-state index in [1.807, 2.05) is 12.1 Å². The number of anilines is 2. The molecule has 0 unspecified atom stereocenters. The van der Waals surface area contributed by atoms with E-state index in [1.165, 1.54) is 0 Å². The summed E-state index contributed by atoms with van der Waals surface area (Å²) in [6.45, 7) is 6.49. The number of nitriles is 1. The Morgan fingerprint density at radius 1 is 1.50 bits per heavy atom. The van der Waals surface area contributed by atoms with Crippen LogP contribution in [0.1, 0.15) is 12.5 Å². The van der Waals surface area contributed by atoms with Crippen molar-refractivity contribution >= 4 is 17.8 Å². The molecule has 0 aliphatic carbocycles. The number of piperazine rings is 1. The highest BCUT2D eigenvalue weighted by molar-refractivity contribution is 5.64. The maximum absolute atomic E-state index is 9.18. The first-order chi connectivity index (χ1) is 9.72. The molecule has 20 heavy (non-hydrogen) atoms. The standard InChI is InChI=1S/C11H14N4.C3H6O2/c12-8-9-7-10(13)1-2-11(9)15-5-3-14-4-6-15;1-2-5-3-4/h1-2,7,14H,3-6,13H2;3H,2H2,1H3. The van der Waals surface area contributed by atoms with Crippen molar-refractivity contribution in [1.29, 1.82) is 5.26 Å². The summed E-state index contributed by atoms with van der Waals surface area (Å²) in [4.78, 5) is 11.4. The van der Waals surface area contributed by atoms with Crippen molar-refractivity contribution in [3.05, 3.63) is 23.8 Å². The zero-order valence-electron chi connectivity index (χ0n) is 11.6. The highest BCUT2D eigenvalue weighted by atomic mass is 16.5. The third-order valence-electron chi connectivity index (χ3n) is 2.83. The van der Waals surface area contributed by atoms with Crippen LogP contribution >= 0.6 is 0 Å². The third-order valence-corrected chi connectivity index (χ3v) is 2.83. The Hall–Kier alpha value is -2.26. The largest absolute Gasteiger partial charge is 0.468 e. The first-order valence-electron chi connectivity index (χ1n) is 6.53. The van der Waals surface area contributed by atoms with Crippen LogP contribution in [0.15, 0.2) is 18.2 Å². The molecule has 108 valence electrons. The number of hydrogen-bond acceptors (Lipinski definition) is 6. The van der Waals surface area contributed by atoms with Crippen molar-refractivity contribution in [1.82, 2.24) is 5.32 Å². The van der Waals surface area contributed by atoms with Gasteiger partial charge >= 0.3 is 0 Å². The van der Waals surface area contributed by atoms with Crippen LogP contribution in [0.4, 0.5) is 11.4 Å². The van der Waals surface area contributed by atoms with Gasteiger partial charge in [0.2, 0.25) is 0 Å². The van der Waals surface area contributed by atoms with Crippen molar-refractivity contribution in [3.8, 4) is 6.07 Å². The fourth-order valence-corrected chi connectivity index (χ4v) is 1.89. The average Bonchev–Trinajstić information content (AvgIpc) is 2.49. The number of nitrogen functional groups attached to an aromatic ring is 1. The number of ether oxygens (including phenoxy) is 1. The topological polar surface area (TPSA) is 91.4 Å². The highest BCUT2D eigenvalue weighted by Gasteiger charge is 2.13. The quantitative estimate of drug-likeness (QED) is 0.624. The monoisotopic (exact) mass is 276 g/mol. The summed E-state index contributed by atoms with van der Waals surface area (Å²) in [6.07, 6.45) is 0. The number of carbonyl (C=O) groups excluding carboxylic acids is 1. The van der Waals surface area contributed by atoms with E-state index >= 15 is 0 Å². The zero-order valence-corrected chi connectivity index (χ0v) is 11.6. The highest BCUT2D eigenvalue weighted by Crippen LogP contribution is 2.22. The minimum Gasteiger partial charge on any atom is -0.468 e. The van der Waals surface area contributed by atoms with Crippen molar-refractivity contribution in [3.63, 3.8) is 0 Å². The fraction of sp³-hybridized carbons (Fsp3) is 0.429. The van der Waals surface area contributed by atoms with Crippen molar-refractivity contribution in [2.24, 2.45) is 0 Å². The number of hydrogen-bond donors (Lipinski definition) is 2. The Balaban J connectivity index is 0.000000347. The molecule has 1 aromatic carbocycles. The minimum atomic E-state index is 0.431. The van der Waals surface area contributed by atoms with Gasteiger partial charge < -0.3 is 20.7 Å². The molecule has 0 atom stereocenters. The molecule has 6 heteroatoms. The van der Waals surface area contributed by atoms with Gasteiger partial charge in [-0.25, -0.2) is 0 Å². The van der Waals surface area contributed by atoms with Gasteiger partial charge in [0, 0.05) is 31.9 Å². The van der Waals surface area contributed by atoms with Gasteiger partial charge in [-0.3, -0.25) is 4.79 Å². The third kappa shape index (κ3) is 4.78. The van der Waals surface area contributed by atoms with Crippen LogP contribution in [0.5, 0.6) is 0 Å². The summed E-state index contributed by atoms with van der Waals surface area (Å²) in [5.41, 5.74) is 7.95. The molecular formula is C14H20N4O2. The van der Waals surface area contributed by atoms with Crippen LogP contribution in [-0.4, -0.2) is 39.3 Å². The summed E-state index contributed by atoms with van der Waals surface area (Å²) in [7, 11) is 0. The molecule has 0 spiro atoms. The van der Waals surface area contributed by atoms with E-state index in [-0.39, 0.29) is 0 Å². The molecule has 1 aliphatic rings. The lowest BCUT2D eigenvalue weighted by Gasteiger charge is -2.30. The molecule has 1 saturated heterocycles. The maximum atomic E-state index is 9.18. The van der Waals surface area contributed by atoms with Gasteiger partial charge in [0.1, 0.15) is 6.07 Å².